The number of hydrogen-bond acceptors (Lipinski definition) is 4. The quantitative estimate of drug-likeness (QED) is 0.723. The number of hydrogen-bond donors (Lipinski definition) is 2. The first kappa shape index (κ1) is 17.2. The summed E-state index contributed by atoms with van der Waals surface area (Å²) < 4.78 is 27.9. The molecular formula is C17H13ClN2O4S. The summed E-state index contributed by atoms with van der Waals surface area (Å²) in [6, 6.07) is 12.3. The maximum Gasteiger partial charge on any atom is 0.337 e. The highest BCUT2D eigenvalue weighted by Crippen LogP contribution is 2.27. The molecule has 1 aromatic heterocycles. The van der Waals surface area contributed by atoms with E-state index < -0.39 is 16.0 Å². The van der Waals surface area contributed by atoms with Crippen molar-refractivity contribution in [2.24, 2.45) is 0 Å². The van der Waals surface area contributed by atoms with Gasteiger partial charge >= 0.3 is 5.97 Å². The fraction of sp³-hybridized carbons (Fsp3) is 0.0588. The zero-order chi connectivity index (χ0) is 18.2. The number of anilines is 1. The third-order valence-corrected chi connectivity index (χ3v) is 5.26. The van der Waals surface area contributed by atoms with Crippen LogP contribution in [-0.4, -0.2) is 24.5 Å². The molecule has 0 aliphatic carbocycles. The van der Waals surface area contributed by atoms with E-state index in [9.17, 15) is 13.2 Å². The topological polar surface area (TPSA) is 96.4 Å². The largest absolute Gasteiger partial charge is 0.478 e. The number of fused-ring (bicyclic) bond motifs is 1. The van der Waals surface area contributed by atoms with Crippen LogP contribution in [0.5, 0.6) is 0 Å². The zero-order valence-corrected chi connectivity index (χ0v) is 14.6. The Bertz CT molecular complexity index is 1100. The second kappa shape index (κ2) is 6.34. The summed E-state index contributed by atoms with van der Waals surface area (Å²) in [7, 11) is -3.99. The standard InChI is InChI=1S/C17H13ClN2O4S/c1-10-8-16(12-4-2-3-5-15(12)19-10)20-25(23,24)11-6-7-14(18)13(9-11)17(21)22/h2-9H,1H3,(H,19,20)(H,21,22). The predicted molar refractivity (Wildman–Crippen MR) is 95.7 cm³/mol. The molecule has 25 heavy (non-hydrogen) atoms. The number of pyridine rings is 1. The minimum absolute atomic E-state index is 0.0309. The molecule has 0 fully saturated rings. The maximum atomic E-state index is 12.7. The van der Waals surface area contributed by atoms with Gasteiger partial charge in [-0.05, 0) is 37.3 Å². The molecule has 2 N–H and O–H groups in total. The minimum Gasteiger partial charge on any atom is -0.478 e. The van der Waals surface area contributed by atoms with E-state index in [-0.39, 0.29) is 15.5 Å². The molecule has 0 saturated carbocycles. The third kappa shape index (κ3) is 3.42. The van der Waals surface area contributed by atoms with Gasteiger partial charge < -0.3 is 5.11 Å². The molecule has 0 radical (unpaired) electrons. The van der Waals surface area contributed by atoms with Crippen LogP contribution in [-0.2, 0) is 10.0 Å². The first-order valence-corrected chi connectivity index (χ1v) is 9.06. The van der Waals surface area contributed by atoms with Crippen molar-refractivity contribution in [3.8, 4) is 0 Å². The molecule has 0 saturated heterocycles. The average Bonchev–Trinajstić information content (AvgIpc) is 2.54. The number of halogens is 1. The van der Waals surface area contributed by atoms with Gasteiger partial charge in [0.15, 0.2) is 0 Å². The van der Waals surface area contributed by atoms with Crippen LogP contribution in [0.4, 0.5) is 5.69 Å². The fourth-order valence-electron chi connectivity index (χ4n) is 2.43. The lowest BCUT2D eigenvalue weighted by Crippen LogP contribution is -2.14. The van der Waals surface area contributed by atoms with Crippen molar-refractivity contribution in [1.82, 2.24) is 4.98 Å². The SMILES string of the molecule is Cc1cc(NS(=O)(=O)c2ccc(Cl)c(C(=O)O)c2)c2ccccc2n1. The molecule has 2 aromatic carbocycles. The van der Waals surface area contributed by atoms with Gasteiger partial charge in [-0.1, -0.05) is 29.8 Å². The highest BCUT2D eigenvalue weighted by atomic mass is 35.5. The summed E-state index contributed by atoms with van der Waals surface area (Å²) in [4.78, 5) is 15.3. The summed E-state index contributed by atoms with van der Waals surface area (Å²) in [5.41, 5.74) is 1.40. The predicted octanol–water partition coefficient (Wildman–Crippen LogP) is 3.70. The van der Waals surface area contributed by atoms with E-state index in [1.807, 2.05) is 6.07 Å². The summed E-state index contributed by atoms with van der Waals surface area (Å²) in [6.45, 7) is 1.76. The molecule has 0 atom stereocenters. The monoisotopic (exact) mass is 376 g/mol. The lowest BCUT2D eigenvalue weighted by Gasteiger charge is -2.12. The molecule has 3 aromatic rings. The number of nitrogens with zero attached hydrogens (tertiary/aromatic N) is 1. The van der Waals surface area contributed by atoms with E-state index in [1.54, 1.807) is 31.2 Å². The molecule has 0 unspecified atom stereocenters. The summed E-state index contributed by atoms with van der Waals surface area (Å²) in [5, 5.41) is 9.73. The van der Waals surface area contributed by atoms with Crippen molar-refractivity contribution in [1.29, 1.82) is 0 Å². The van der Waals surface area contributed by atoms with Crippen LogP contribution in [0.2, 0.25) is 5.02 Å². The smallest absolute Gasteiger partial charge is 0.337 e. The summed E-state index contributed by atoms with van der Waals surface area (Å²) in [6.07, 6.45) is 0. The van der Waals surface area contributed by atoms with Gasteiger partial charge in [0.2, 0.25) is 0 Å². The first-order valence-electron chi connectivity index (χ1n) is 7.20. The van der Waals surface area contributed by atoms with Crippen molar-refractivity contribution >= 4 is 44.2 Å². The highest BCUT2D eigenvalue weighted by Gasteiger charge is 2.19. The Kier molecular flexibility index (Phi) is 4.36. The van der Waals surface area contributed by atoms with Gasteiger partial charge in [-0.15, -0.1) is 0 Å². The second-order valence-corrected chi connectivity index (χ2v) is 7.47. The number of para-hydroxylation sites is 1. The Morgan fingerprint density at radius 1 is 1.16 bits per heavy atom. The highest BCUT2D eigenvalue weighted by molar-refractivity contribution is 7.92. The maximum absolute atomic E-state index is 12.7. The molecule has 0 amide bonds. The number of aryl methyl sites for hydroxylation is 1. The Morgan fingerprint density at radius 2 is 1.88 bits per heavy atom. The number of sulfonamides is 1. The lowest BCUT2D eigenvalue weighted by atomic mass is 10.2. The van der Waals surface area contributed by atoms with Gasteiger partial charge in [-0.2, -0.15) is 0 Å². The van der Waals surface area contributed by atoms with E-state index in [0.29, 0.717) is 22.3 Å². The molecular weight excluding hydrogens is 364 g/mol. The van der Waals surface area contributed by atoms with Gasteiger partial charge in [-0.3, -0.25) is 9.71 Å². The molecule has 0 bridgehead atoms. The molecule has 8 heteroatoms. The molecule has 0 aliphatic heterocycles. The van der Waals surface area contributed by atoms with Crippen LogP contribution in [0.15, 0.2) is 53.4 Å². The van der Waals surface area contributed by atoms with Crippen molar-refractivity contribution in [3.05, 3.63) is 64.8 Å². The summed E-state index contributed by atoms with van der Waals surface area (Å²) in [5.74, 6) is -1.30. The third-order valence-electron chi connectivity index (χ3n) is 3.57. The second-order valence-electron chi connectivity index (χ2n) is 5.38. The zero-order valence-electron chi connectivity index (χ0n) is 13.0. The van der Waals surface area contributed by atoms with E-state index in [0.717, 1.165) is 6.07 Å². The molecule has 0 spiro atoms. The number of carboxylic acid groups (broad SMARTS) is 1. The molecule has 0 aliphatic rings. The number of rotatable bonds is 4. The Balaban J connectivity index is 2.09. The molecule has 6 nitrogen and oxygen atoms in total. The van der Waals surface area contributed by atoms with Crippen LogP contribution in [0.3, 0.4) is 0 Å². The minimum atomic E-state index is -3.99. The van der Waals surface area contributed by atoms with E-state index >= 15 is 0 Å². The van der Waals surface area contributed by atoms with Gasteiger partial charge in [0.1, 0.15) is 0 Å². The number of benzene rings is 2. The van der Waals surface area contributed by atoms with Crippen LogP contribution >= 0.6 is 11.6 Å². The number of aromatic carboxylic acids is 1. The molecule has 3 rings (SSSR count). The Labute approximate surface area is 149 Å². The number of carboxylic acids is 1. The van der Waals surface area contributed by atoms with E-state index in [1.165, 1.54) is 12.1 Å². The van der Waals surface area contributed by atoms with Gasteiger partial charge in [0.05, 0.1) is 26.7 Å². The van der Waals surface area contributed by atoms with Crippen molar-refractivity contribution in [2.75, 3.05) is 4.72 Å². The van der Waals surface area contributed by atoms with Gasteiger partial charge in [0.25, 0.3) is 10.0 Å². The van der Waals surface area contributed by atoms with Crippen LogP contribution < -0.4 is 4.72 Å². The van der Waals surface area contributed by atoms with Crippen molar-refractivity contribution < 1.29 is 18.3 Å². The lowest BCUT2D eigenvalue weighted by molar-refractivity contribution is 0.0697. The fourth-order valence-corrected chi connectivity index (χ4v) is 3.73. The first-order chi connectivity index (χ1) is 11.8. The average molecular weight is 377 g/mol. The number of aromatic nitrogens is 1. The number of nitrogens with one attached hydrogen (secondary N) is 1. The van der Waals surface area contributed by atoms with Crippen LogP contribution in [0.1, 0.15) is 16.1 Å². The molecule has 128 valence electrons. The van der Waals surface area contributed by atoms with E-state index in [2.05, 4.69) is 9.71 Å². The van der Waals surface area contributed by atoms with Crippen molar-refractivity contribution in [3.63, 3.8) is 0 Å². The van der Waals surface area contributed by atoms with E-state index in [4.69, 9.17) is 16.7 Å². The van der Waals surface area contributed by atoms with Gasteiger partial charge in [0, 0.05) is 11.1 Å². The normalized spacial score (nSPS) is 11.4. The molecule has 1 heterocycles. The number of carbonyl (C=O) groups is 1. The summed E-state index contributed by atoms with van der Waals surface area (Å²) >= 11 is 5.80. The van der Waals surface area contributed by atoms with Crippen LogP contribution in [0, 0.1) is 6.92 Å². The Hall–Kier alpha value is -2.64. The Morgan fingerprint density at radius 3 is 2.60 bits per heavy atom. The van der Waals surface area contributed by atoms with Gasteiger partial charge in [-0.25, -0.2) is 13.2 Å². The van der Waals surface area contributed by atoms with Crippen LogP contribution in [0.25, 0.3) is 10.9 Å². The van der Waals surface area contributed by atoms with Crippen molar-refractivity contribution in [2.45, 2.75) is 11.8 Å².